The van der Waals surface area contributed by atoms with Gasteiger partial charge in [0.05, 0.1) is 25.4 Å². The molecule has 154 valence electrons. The van der Waals surface area contributed by atoms with Crippen molar-refractivity contribution in [3.63, 3.8) is 0 Å². The molecule has 1 aliphatic heterocycles. The van der Waals surface area contributed by atoms with Crippen LogP contribution in [0.2, 0.25) is 0 Å². The SMILES string of the molecule is CCCCOC1(OCCCC)N=C(N)C2(C#N)C(c3cc(F)ccc3F)C12C#N. The highest BCUT2D eigenvalue weighted by atomic mass is 19.1. The predicted octanol–water partition coefficient (Wildman–Crippen LogP) is 3.74. The summed E-state index contributed by atoms with van der Waals surface area (Å²) in [6.45, 7) is 4.40. The molecule has 3 unspecified atom stereocenters. The molecule has 3 atom stereocenters. The molecule has 8 heteroatoms. The average Bonchev–Trinajstić information content (AvgIpc) is 3.28. The van der Waals surface area contributed by atoms with Gasteiger partial charge in [0.2, 0.25) is 0 Å². The van der Waals surface area contributed by atoms with Gasteiger partial charge in [0, 0.05) is 5.92 Å². The van der Waals surface area contributed by atoms with Crippen LogP contribution < -0.4 is 5.73 Å². The largest absolute Gasteiger partial charge is 0.386 e. The van der Waals surface area contributed by atoms with Crippen molar-refractivity contribution in [3.05, 3.63) is 35.4 Å². The summed E-state index contributed by atoms with van der Waals surface area (Å²) in [6, 6.07) is 7.13. The number of amidine groups is 1. The number of hydrogen-bond donors (Lipinski definition) is 1. The van der Waals surface area contributed by atoms with E-state index in [0.29, 0.717) is 12.8 Å². The quantitative estimate of drug-likeness (QED) is 0.500. The number of halogens is 2. The molecule has 2 N–H and O–H groups in total. The number of ether oxygens (including phenoxy) is 2. The summed E-state index contributed by atoms with van der Waals surface area (Å²) in [7, 11) is 0. The molecule has 2 aliphatic rings. The number of unbranched alkanes of at least 4 members (excludes halogenated alkanes) is 2. The second kappa shape index (κ2) is 7.70. The topological polar surface area (TPSA) is 104 Å². The highest BCUT2D eigenvalue weighted by molar-refractivity contribution is 6.00. The van der Waals surface area contributed by atoms with E-state index in [1.807, 2.05) is 13.8 Å². The zero-order valence-corrected chi connectivity index (χ0v) is 16.5. The first kappa shape index (κ1) is 21.2. The van der Waals surface area contributed by atoms with Crippen LogP contribution in [-0.4, -0.2) is 25.0 Å². The molecular weight excluding hydrogens is 378 g/mol. The Bertz CT molecular complexity index is 897. The lowest BCUT2D eigenvalue weighted by atomic mass is 9.93. The summed E-state index contributed by atoms with van der Waals surface area (Å²) < 4.78 is 40.5. The zero-order valence-electron chi connectivity index (χ0n) is 16.5. The van der Waals surface area contributed by atoms with E-state index >= 15 is 0 Å². The molecule has 6 nitrogen and oxygen atoms in total. The number of fused-ring (bicyclic) bond motifs is 1. The van der Waals surface area contributed by atoms with E-state index in [0.717, 1.165) is 31.0 Å². The third-order valence-corrected chi connectivity index (χ3v) is 5.79. The Hall–Kier alpha value is -2.55. The number of benzene rings is 1. The van der Waals surface area contributed by atoms with Crippen LogP contribution in [0, 0.1) is 45.1 Å². The maximum absolute atomic E-state index is 14.6. The molecule has 1 aliphatic carbocycles. The fourth-order valence-corrected chi connectivity index (χ4v) is 4.27. The predicted molar refractivity (Wildman–Crippen MR) is 101 cm³/mol. The van der Waals surface area contributed by atoms with Crippen molar-refractivity contribution in [3.8, 4) is 12.1 Å². The number of nitrogens with zero attached hydrogens (tertiary/aromatic N) is 3. The van der Waals surface area contributed by atoms with Gasteiger partial charge in [-0.25, -0.2) is 13.8 Å². The van der Waals surface area contributed by atoms with Crippen molar-refractivity contribution in [1.82, 2.24) is 0 Å². The van der Waals surface area contributed by atoms with Crippen molar-refractivity contribution in [1.29, 1.82) is 10.5 Å². The zero-order chi connectivity index (χ0) is 21.3. The van der Waals surface area contributed by atoms with Crippen molar-refractivity contribution in [2.45, 2.75) is 51.4 Å². The minimum atomic E-state index is -1.84. The van der Waals surface area contributed by atoms with Gasteiger partial charge in [-0.1, -0.05) is 26.7 Å². The molecule has 0 amide bonds. The first-order chi connectivity index (χ1) is 13.9. The molecule has 1 saturated carbocycles. The van der Waals surface area contributed by atoms with Crippen LogP contribution in [0.3, 0.4) is 0 Å². The number of nitrogens with two attached hydrogens (primary N) is 1. The van der Waals surface area contributed by atoms with Gasteiger partial charge in [-0.15, -0.1) is 0 Å². The van der Waals surface area contributed by atoms with Gasteiger partial charge in [0.25, 0.3) is 5.91 Å². The molecule has 0 bridgehead atoms. The average molecular weight is 402 g/mol. The van der Waals surface area contributed by atoms with Crippen LogP contribution in [0.4, 0.5) is 8.78 Å². The monoisotopic (exact) mass is 402 g/mol. The lowest BCUT2D eigenvalue weighted by Crippen LogP contribution is -2.44. The van der Waals surface area contributed by atoms with Gasteiger partial charge >= 0.3 is 0 Å². The molecule has 1 fully saturated rings. The normalized spacial score (nSPS) is 28.9. The Labute approximate surface area is 168 Å². The van der Waals surface area contributed by atoms with Crippen LogP contribution in [-0.2, 0) is 9.47 Å². The third kappa shape index (κ3) is 2.74. The van der Waals surface area contributed by atoms with Gasteiger partial charge in [0.15, 0.2) is 5.41 Å². The van der Waals surface area contributed by atoms with E-state index in [1.165, 1.54) is 0 Å². The second-order valence-electron chi connectivity index (χ2n) is 7.42. The lowest BCUT2D eigenvalue weighted by Gasteiger charge is -2.32. The van der Waals surface area contributed by atoms with Crippen LogP contribution in [0.1, 0.15) is 51.0 Å². The molecule has 1 aromatic rings. The van der Waals surface area contributed by atoms with E-state index in [9.17, 15) is 19.3 Å². The Balaban J connectivity index is 2.14. The van der Waals surface area contributed by atoms with E-state index in [-0.39, 0.29) is 24.6 Å². The van der Waals surface area contributed by atoms with Crippen LogP contribution in [0.15, 0.2) is 23.2 Å². The minimum absolute atomic E-state index is 0.103. The van der Waals surface area contributed by atoms with E-state index in [4.69, 9.17) is 15.2 Å². The molecule has 1 aromatic carbocycles. The Morgan fingerprint density at radius 2 is 1.72 bits per heavy atom. The molecular formula is C21H24F2N4O2. The van der Waals surface area contributed by atoms with Gasteiger partial charge < -0.3 is 15.2 Å². The van der Waals surface area contributed by atoms with E-state index in [2.05, 4.69) is 17.1 Å². The van der Waals surface area contributed by atoms with Crippen molar-refractivity contribution < 1.29 is 18.3 Å². The molecule has 3 rings (SSSR count). The number of rotatable bonds is 9. The smallest absolute Gasteiger partial charge is 0.293 e. The lowest BCUT2D eigenvalue weighted by molar-refractivity contribution is -0.260. The van der Waals surface area contributed by atoms with Crippen molar-refractivity contribution in [2.75, 3.05) is 13.2 Å². The number of nitriles is 2. The van der Waals surface area contributed by atoms with Crippen LogP contribution in [0.25, 0.3) is 0 Å². The van der Waals surface area contributed by atoms with Crippen LogP contribution in [0.5, 0.6) is 0 Å². The van der Waals surface area contributed by atoms with Gasteiger partial charge in [-0.05, 0) is 36.6 Å². The summed E-state index contributed by atoms with van der Waals surface area (Å²) in [5.41, 5.74) is 2.68. The Morgan fingerprint density at radius 1 is 1.10 bits per heavy atom. The fraction of sp³-hybridized carbons (Fsp3) is 0.571. The summed E-state index contributed by atoms with van der Waals surface area (Å²) >= 11 is 0. The molecule has 0 spiro atoms. The third-order valence-electron chi connectivity index (χ3n) is 5.79. The fourth-order valence-electron chi connectivity index (χ4n) is 4.27. The Morgan fingerprint density at radius 3 is 2.24 bits per heavy atom. The molecule has 0 aromatic heterocycles. The molecule has 0 radical (unpaired) electrons. The molecule has 0 saturated heterocycles. The standard InChI is InChI=1S/C21H24F2N4O2/c1-3-5-9-28-21(29-10-6-4-2)20(13-25)17(19(20,12-24)18(26)27-21)15-11-14(22)7-8-16(15)23/h7-8,11,17H,3-6,9-10H2,1-2H3,(H2,26,27). The maximum Gasteiger partial charge on any atom is 0.293 e. The maximum atomic E-state index is 14.6. The summed E-state index contributed by atoms with van der Waals surface area (Å²) in [4.78, 5) is 4.30. The van der Waals surface area contributed by atoms with E-state index in [1.54, 1.807) is 0 Å². The summed E-state index contributed by atoms with van der Waals surface area (Å²) in [5, 5.41) is 20.2. The molecule has 29 heavy (non-hydrogen) atoms. The summed E-state index contributed by atoms with van der Waals surface area (Å²) in [6.07, 6.45) is 3.01. The first-order valence-electron chi connectivity index (χ1n) is 9.81. The second-order valence-corrected chi connectivity index (χ2v) is 7.42. The first-order valence-corrected chi connectivity index (χ1v) is 9.81. The van der Waals surface area contributed by atoms with Gasteiger partial charge in [0.1, 0.15) is 22.9 Å². The van der Waals surface area contributed by atoms with Crippen molar-refractivity contribution >= 4 is 5.84 Å². The summed E-state index contributed by atoms with van der Waals surface area (Å²) in [5.74, 6) is -4.44. The Kier molecular flexibility index (Phi) is 5.62. The minimum Gasteiger partial charge on any atom is -0.386 e. The highest BCUT2D eigenvalue weighted by Crippen LogP contribution is 2.82. The number of hydrogen-bond acceptors (Lipinski definition) is 6. The van der Waals surface area contributed by atoms with Gasteiger partial charge in [-0.2, -0.15) is 10.5 Å². The van der Waals surface area contributed by atoms with Crippen LogP contribution >= 0.6 is 0 Å². The van der Waals surface area contributed by atoms with Crippen molar-refractivity contribution in [2.24, 2.45) is 21.6 Å². The number of aliphatic imine (C=N–C) groups is 1. The van der Waals surface area contributed by atoms with Gasteiger partial charge in [-0.3, -0.25) is 0 Å². The van der Waals surface area contributed by atoms with E-state index < -0.39 is 34.3 Å². The highest BCUT2D eigenvalue weighted by Gasteiger charge is 2.94. The molecule has 1 heterocycles.